The first kappa shape index (κ1) is 15.6. The molecule has 7 heteroatoms. The smallest absolute Gasteiger partial charge is 0.222 e. The van der Waals surface area contributed by atoms with Gasteiger partial charge in [-0.15, -0.1) is 0 Å². The molecule has 0 radical (unpaired) electrons. The van der Waals surface area contributed by atoms with Gasteiger partial charge in [0, 0.05) is 18.2 Å². The van der Waals surface area contributed by atoms with E-state index in [1.54, 1.807) is 0 Å². The van der Waals surface area contributed by atoms with Crippen molar-refractivity contribution in [2.75, 3.05) is 12.4 Å². The Morgan fingerprint density at radius 3 is 2.18 bits per heavy atom. The van der Waals surface area contributed by atoms with Gasteiger partial charge in [0.15, 0.2) is 9.84 Å². The quantitative estimate of drug-likeness (QED) is 0.599. The largest absolute Gasteiger partial charge is 0.339 e. The van der Waals surface area contributed by atoms with Crippen LogP contribution >= 0.6 is 0 Å². The van der Waals surface area contributed by atoms with E-state index in [0.29, 0.717) is 6.42 Å². The van der Waals surface area contributed by atoms with Crippen LogP contribution in [0.2, 0.25) is 0 Å². The summed E-state index contributed by atoms with van der Waals surface area (Å²) >= 11 is 0. The summed E-state index contributed by atoms with van der Waals surface area (Å²) in [6.07, 6.45) is 0.996. The average molecular weight is 262 g/mol. The van der Waals surface area contributed by atoms with Gasteiger partial charge in [0.2, 0.25) is 11.8 Å². The third kappa shape index (κ3) is 8.44. The second kappa shape index (κ2) is 7.83. The number of carbonyl (C=O) groups is 2. The molecule has 0 aromatic heterocycles. The Bertz CT molecular complexity index is 376. The van der Waals surface area contributed by atoms with E-state index in [1.165, 1.54) is 0 Å². The molecule has 0 saturated heterocycles. The second-order valence-electron chi connectivity index (χ2n) is 3.41. The van der Waals surface area contributed by atoms with Crippen molar-refractivity contribution in [3.8, 4) is 0 Å². The summed E-state index contributed by atoms with van der Waals surface area (Å²) in [5.41, 5.74) is 0. The molecule has 0 heterocycles. The zero-order valence-corrected chi connectivity index (χ0v) is 10.7. The van der Waals surface area contributed by atoms with E-state index in [4.69, 9.17) is 0 Å². The van der Waals surface area contributed by atoms with Crippen LogP contribution in [0.1, 0.15) is 26.2 Å². The van der Waals surface area contributed by atoms with Gasteiger partial charge in [0.25, 0.3) is 0 Å². The van der Waals surface area contributed by atoms with E-state index in [0.717, 1.165) is 11.8 Å². The van der Waals surface area contributed by atoms with Gasteiger partial charge in [-0.3, -0.25) is 9.59 Å². The first-order valence-corrected chi connectivity index (χ1v) is 7.01. The van der Waals surface area contributed by atoms with Crippen molar-refractivity contribution in [2.24, 2.45) is 0 Å². The maximum atomic E-state index is 11.2. The van der Waals surface area contributed by atoms with Crippen LogP contribution in [0, 0.1) is 0 Å². The molecule has 6 nitrogen and oxygen atoms in total. The molecule has 0 atom stereocenters. The molecule has 2 amide bonds. The van der Waals surface area contributed by atoms with Gasteiger partial charge in [-0.2, -0.15) is 0 Å². The minimum Gasteiger partial charge on any atom is -0.339 e. The second-order valence-corrected chi connectivity index (χ2v) is 5.48. The topological polar surface area (TPSA) is 92.3 Å². The lowest BCUT2D eigenvalue weighted by atomic mass is 10.3. The standard InChI is InChI=1S/C10H18N2O4S/c1-3-5-9(13)11-8-12-10(14)6-7-17(15,16)4-2/h4H,2-3,5-8H2,1H3,(H,11,13)(H,12,14). The zero-order valence-electron chi connectivity index (χ0n) is 9.86. The lowest BCUT2D eigenvalue weighted by molar-refractivity contribution is -0.122. The zero-order chi connectivity index (χ0) is 13.3. The lowest BCUT2D eigenvalue weighted by Gasteiger charge is -2.06. The van der Waals surface area contributed by atoms with Crippen LogP contribution in [0.25, 0.3) is 0 Å². The molecule has 0 aliphatic carbocycles. The van der Waals surface area contributed by atoms with Crippen molar-refractivity contribution < 1.29 is 18.0 Å². The molecule has 0 aromatic carbocycles. The first-order valence-electron chi connectivity index (χ1n) is 5.30. The summed E-state index contributed by atoms with van der Waals surface area (Å²) < 4.78 is 22.0. The van der Waals surface area contributed by atoms with E-state index in [9.17, 15) is 18.0 Å². The van der Waals surface area contributed by atoms with E-state index in [2.05, 4.69) is 17.2 Å². The van der Waals surface area contributed by atoms with Crippen molar-refractivity contribution >= 4 is 21.7 Å². The van der Waals surface area contributed by atoms with Crippen molar-refractivity contribution in [1.29, 1.82) is 0 Å². The highest BCUT2D eigenvalue weighted by Crippen LogP contribution is 1.94. The molecular formula is C10H18N2O4S. The van der Waals surface area contributed by atoms with Crippen molar-refractivity contribution in [1.82, 2.24) is 10.6 Å². The summed E-state index contributed by atoms with van der Waals surface area (Å²) in [6, 6.07) is 0. The number of carbonyl (C=O) groups excluding carboxylic acids is 2. The van der Waals surface area contributed by atoms with Gasteiger partial charge in [-0.25, -0.2) is 8.42 Å². The van der Waals surface area contributed by atoms with Gasteiger partial charge in [-0.1, -0.05) is 13.5 Å². The molecule has 98 valence electrons. The fourth-order valence-corrected chi connectivity index (χ4v) is 1.60. The van der Waals surface area contributed by atoms with Crippen LogP contribution in [0.3, 0.4) is 0 Å². The monoisotopic (exact) mass is 262 g/mol. The van der Waals surface area contributed by atoms with Crippen LogP contribution in [-0.4, -0.2) is 32.7 Å². The van der Waals surface area contributed by atoms with E-state index >= 15 is 0 Å². The Hall–Kier alpha value is -1.37. The van der Waals surface area contributed by atoms with Crippen molar-refractivity contribution in [3.05, 3.63) is 12.0 Å². The number of hydrogen-bond donors (Lipinski definition) is 2. The summed E-state index contributed by atoms with van der Waals surface area (Å²) in [5, 5.41) is 5.71. The predicted octanol–water partition coefficient (Wildman–Crippen LogP) is -0.0752. The highest BCUT2D eigenvalue weighted by Gasteiger charge is 2.09. The van der Waals surface area contributed by atoms with Crippen LogP contribution in [-0.2, 0) is 19.4 Å². The van der Waals surface area contributed by atoms with Gasteiger partial charge in [0.1, 0.15) is 0 Å². The summed E-state index contributed by atoms with van der Waals surface area (Å²) in [4.78, 5) is 22.2. The molecule has 0 aliphatic heterocycles. The number of amides is 2. The molecule has 0 bridgehead atoms. The normalized spacial score (nSPS) is 10.6. The minimum absolute atomic E-state index is 0.0196. The highest BCUT2D eigenvalue weighted by molar-refractivity contribution is 7.94. The van der Waals surface area contributed by atoms with Gasteiger partial charge in [0.05, 0.1) is 12.4 Å². The molecule has 0 aliphatic rings. The number of sulfone groups is 1. The predicted molar refractivity (Wildman–Crippen MR) is 64.7 cm³/mol. The van der Waals surface area contributed by atoms with Gasteiger partial charge in [-0.05, 0) is 6.42 Å². The molecule has 0 saturated carbocycles. The molecule has 0 rings (SSSR count). The third-order valence-corrected chi connectivity index (χ3v) is 3.20. The summed E-state index contributed by atoms with van der Waals surface area (Å²) in [7, 11) is -3.35. The summed E-state index contributed by atoms with van der Waals surface area (Å²) in [6.45, 7) is 5.03. The average Bonchev–Trinajstić information content (AvgIpc) is 2.27. The Morgan fingerprint density at radius 2 is 1.71 bits per heavy atom. The molecule has 0 unspecified atom stereocenters. The molecule has 0 spiro atoms. The highest BCUT2D eigenvalue weighted by atomic mass is 32.2. The number of rotatable bonds is 8. The Morgan fingerprint density at radius 1 is 1.18 bits per heavy atom. The minimum atomic E-state index is -3.35. The van der Waals surface area contributed by atoms with Crippen LogP contribution < -0.4 is 10.6 Å². The first-order chi connectivity index (χ1) is 7.91. The third-order valence-electron chi connectivity index (χ3n) is 1.92. The van der Waals surface area contributed by atoms with Crippen molar-refractivity contribution in [3.63, 3.8) is 0 Å². The maximum absolute atomic E-state index is 11.2. The SMILES string of the molecule is C=CS(=O)(=O)CCC(=O)NCNC(=O)CCC. The molecule has 17 heavy (non-hydrogen) atoms. The van der Waals surface area contributed by atoms with Gasteiger partial charge < -0.3 is 10.6 Å². The van der Waals surface area contributed by atoms with Crippen LogP contribution in [0.5, 0.6) is 0 Å². The van der Waals surface area contributed by atoms with E-state index in [-0.39, 0.29) is 24.7 Å². The maximum Gasteiger partial charge on any atom is 0.222 e. The van der Waals surface area contributed by atoms with Crippen LogP contribution in [0.4, 0.5) is 0 Å². The van der Waals surface area contributed by atoms with E-state index < -0.39 is 15.7 Å². The number of hydrogen-bond acceptors (Lipinski definition) is 4. The fraction of sp³-hybridized carbons (Fsp3) is 0.600. The fourth-order valence-electron chi connectivity index (χ4n) is 0.963. The van der Waals surface area contributed by atoms with Crippen molar-refractivity contribution in [2.45, 2.75) is 26.2 Å². The number of nitrogens with one attached hydrogen (secondary N) is 2. The lowest BCUT2D eigenvalue weighted by Crippen LogP contribution is -2.37. The summed E-state index contributed by atoms with van der Waals surface area (Å²) in [5.74, 6) is -0.843. The van der Waals surface area contributed by atoms with E-state index in [1.807, 2.05) is 6.92 Å². The van der Waals surface area contributed by atoms with Crippen LogP contribution in [0.15, 0.2) is 12.0 Å². The molecule has 2 N–H and O–H groups in total. The Labute approximate surface area is 101 Å². The molecule has 0 fully saturated rings. The Kier molecular flexibility index (Phi) is 7.20. The Balaban J connectivity index is 3.74. The molecule has 0 aromatic rings. The molecular weight excluding hydrogens is 244 g/mol. The van der Waals surface area contributed by atoms with Gasteiger partial charge >= 0.3 is 0 Å².